The average Bonchev–Trinajstić information content (AvgIpc) is 2.73. The number of ether oxygens (including phenoxy) is 2. The first-order chi connectivity index (χ1) is 13.6. The van der Waals surface area contributed by atoms with E-state index in [2.05, 4.69) is 9.88 Å². The van der Waals surface area contributed by atoms with Crippen molar-refractivity contribution in [1.29, 1.82) is 0 Å². The summed E-state index contributed by atoms with van der Waals surface area (Å²) in [4.78, 5) is 21.0. The van der Waals surface area contributed by atoms with E-state index in [4.69, 9.17) is 9.47 Å². The monoisotopic (exact) mass is 381 g/mol. The minimum atomic E-state index is 0.0159. The van der Waals surface area contributed by atoms with Gasteiger partial charge in [0.2, 0.25) is 5.91 Å². The van der Waals surface area contributed by atoms with Gasteiger partial charge in [-0.25, -0.2) is 4.98 Å². The van der Waals surface area contributed by atoms with Gasteiger partial charge >= 0.3 is 0 Å². The Kier molecular flexibility index (Phi) is 6.53. The highest BCUT2D eigenvalue weighted by atomic mass is 16.5. The first-order valence-electron chi connectivity index (χ1n) is 9.54. The van der Waals surface area contributed by atoms with Crippen LogP contribution in [0.15, 0.2) is 48.7 Å². The average molecular weight is 381 g/mol. The van der Waals surface area contributed by atoms with E-state index in [1.165, 1.54) is 0 Å². The first kappa shape index (κ1) is 19.7. The number of carbonyl (C=O) groups excluding carboxylic acids is 1. The lowest BCUT2D eigenvalue weighted by Gasteiger charge is -2.34. The SMILES string of the molecule is COc1cc(/C=C/C(=O)N2CCN(c3ccccn3)CC2)ccc1OC(C)C. The highest BCUT2D eigenvalue weighted by Crippen LogP contribution is 2.29. The molecule has 2 aromatic rings. The van der Waals surface area contributed by atoms with Crippen molar-refractivity contribution in [2.75, 3.05) is 38.2 Å². The van der Waals surface area contributed by atoms with Gasteiger partial charge in [0.15, 0.2) is 11.5 Å². The molecule has 0 unspecified atom stereocenters. The third kappa shape index (κ3) is 5.03. The van der Waals surface area contributed by atoms with E-state index in [-0.39, 0.29) is 12.0 Å². The Morgan fingerprint density at radius 1 is 1.11 bits per heavy atom. The van der Waals surface area contributed by atoms with Gasteiger partial charge in [-0.15, -0.1) is 0 Å². The lowest BCUT2D eigenvalue weighted by molar-refractivity contribution is -0.126. The molecule has 1 aromatic carbocycles. The Balaban J connectivity index is 1.58. The number of carbonyl (C=O) groups is 1. The van der Waals surface area contributed by atoms with Crippen molar-refractivity contribution >= 4 is 17.8 Å². The van der Waals surface area contributed by atoms with Crippen molar-refractivity contribution in [3.8, 4) is 11.5 Å². The van der Waals surface area contributed by atoms with Crippen LogP contribution in [-0.4, -0.2) is 55.2 Å². The molecule has 0 bridgehead atoms. The summed E-state index contributed by atoms with van der Waals surface area (Å²) in [5.41, 5.74) is 0.897. The standard InChI is InChI=1S/C22H27N3O3/c1-17(2)28-19-9-7-18(16-20(19)27-3)8-10-22(26)25-14-12-24(13-15-25)21-6-4-5-11-23-21/h4-11,16-17H,12-15H2,1-3H3/b10-8+. The van der Waals surface area contributed by atoms with E-state index in [1.807, 2.05) is 61.2 Å². The molecule has 0 radical (unpaired) electrons. The van der Waals surface area contributed by atoms with Gasteiger partial charge in [0.25, 0.3) is 0 Å². The third-order valence-corrected chi connectivity index (χ3v) is 4.53. The zero-order chi connectivity index (χ0) is 19.9. The Labute approximate surface area is 166 Å². The molecule has 0 saturated carbocycles. The molecule has 6 heteroatoms. The van der Waals surface area contributed by atoms with Crippen LogP contribution in [0.4, 0.5) is 5.82 Å². The molecular formula is C22H27N3O3. The molecule has 148 valence electrons. The zero-order valence-corrected chi connectivity index (χ0v) is 16.7. The molecular weight excluding hydrogens is 354 g/mol. The number of hydrogen-bond donors (Lipinski definition) is 0. The van der Waals surface area contributed by atoms with Crippen LogP contribution in [0.25, 0.3) is 6.08 Å². The second kappa shape index (κ2) is 9.26. The minimum Gasteiger partial charge on any atom is -0.493 e. The van der Waals surface area contributed by atoms with E-state index in [9.17, 15) is 4.79 Å². The fourth-order valence-corrected chi connectivity index (χ4v) is 3.11. The molecule has 1 saturated heterocycles. The molecule has 0 N–H and O–H groups in total. The molecule has 0 aliphatic carbocycles. The van der Waals surface area contributed by atoms with Crippen LogP contribution in [0.3, 0.4) is 0 Å². The highest BCUT2D eigenvalue weighted by Gasteiger charge is 2.20. The number of rotatable bonds is 6. The van der Waals surface area contributed by atoms with Gasteiger partial charge in [0, 0.05) is 38.5 Å². The van der Waals surface area contributed by atoms with Crippen molar-refractivity contribution < 1.29 is 14.3 Å². The maximum Gasteiger partial charge on any atom is 0.246 e. The summed E-state index contributed by atoms with van der Waals surface area (Å²) in [6, 6.07) is 11.6. The van der Waals surface area contributed by atoms with Gasteiger partial charge in [-0.2, -0.15) is 0 Å². The van der Waals surface area contributed by atoms with Crippen LogP contribution >= 0.6 is 0 Å². The van der Waals surface area contributed by atoms with Gasteiger partial charge in [0.05, 0.1) is 13.2 Å². The van der Waals surface area contributed by atoms with Crippen LogP contribution in [0.2, 0.25) is 0 Å². The largest absolute Gasteiger partial charge is 0.493 e. The fourth-order valence-electron chi connectivity index (χ4n) is 3.11. The summed E-state index contributed by atoms with van der Waals surface area (Å²) >= 11 is 0. The number of benzene rings is 1. The fraction of sp³-hybridized carbons (Fsp3) is 0.364. The Morgan fingerprint density at radius 3 is 2.54 bits per heavy atom. The number of pyridine rings is 1. The lowest BCUT2D eigenvalue weighted by atomic mass is 10.1. The second-order valence-corrected chi connectivity index (χ2v) is 6.91. The smallest absolute Gasteiger partial charge is 0.246 e. The number of methoxy groups -OCH3 is 1. The van der Waals surface area contributed by atoms with E-state index < -0.39 is 0 Å². The second-order valence-electron chi connectivity index (χ2n) is 6.91. The molecule has 28 heavy (non-hydrogen) atoms. The van der Waals surface area contributed by atoms with Crippen molar-refractivity contribution in [3.05, 3.63) is 54.2 Å². The maximum absolute atomic E-state index is 12.5. The summed E-state index contributed by atoms with van der Waals surface area (Å²) in [5, 5.41) is 0. The third-order valence-electron chi connectivity index (χ3n) is 4.53. The summed E-state index contributed by atoms with van der Waals surface area (Å²) < 4.78 is 11.1. The molecule has 2 heterocycles. The highest BCUT2D eigenvalue weighted by molar-refractivity contribution is 5.92. The number of hydrogen-bond acceptors (Lipinski definition) is 5. The number of aromatic nitrogens is 1. The van der Waals surface area contributed by atoms with E-state index >= 15 is 0 Å². The van der Waals surface area contributed by atoms with Crippen molar-refractivity contribution in [2.24, 2.45) is 0 Å². The molecule has 1 aromatic heterocycles. The topological polar surface area (TPSA) is 54.9 Å². The van der Waals surface area contributed by atoms with Gasteiger partial charge in [-0.1, -0.05) is 12.1 Å². The maximum atomic E-state index is 12.5. The van der Waals surface area contributed by atoms with Crippen molar-refractivity contribution in [3.63, 3.8) is 0 Å². The van der Waals surface area contributed by atoms with Crippen LogP contribution in [0, 0.1) is 0 Å². The summed E-state index contributed by atoms with van der Waals surface area (Å²) in [6.07, 6.45) is 5.30. The molecule has 1 amide bonds. The van der Waals surface area contributed by atoms with Gasteiger partial charge in [-0.3, -0.25) is 4.79 Å². The minimum absolute atomic E-state index is 0.0159. The lowest BCUT2D eigenvalue weighted by Crippen LogP contribution is -2.48. The molecule has 3 rings (SSSR count). The van der Waals surface area contributed by atoms with Crippen molar-refractivity contribution in [1.82, 2.24) is 9.88 Å². The molecule has 1 aliphatic rings. The van der Waals surface area contributed by atoms with E-state index in [0.717, 1.165) is 24.5 Å². The summed E-state index contributed by atoms with van der Waals surface area (Å²) in [7, 11) is 1.61. The van der Waals surface area contributed by atoms with Crippen LogP contribution in [0.1, 0.15) is 19.4 Å². The van der Waals surface area contributed by atoms with Crippen LogP contribution in [-0.2, 0) is 4.79 Å². The number of nitrogens with zero attached hydrogens (tertiary/aromatic N) is 3. The van der Waals surface area contributed by atoms with Crippen LogP contribution in [0.5, 0.6) is 11.5 Å². The zero-order valence-electron chi connectivity index (χ0n) is 16.7. The molecule has 6 nitrogen and oxygen atoms in total. The number of anilines is 1. The van der Waals surface area contributed by atoms with Crippen LogP contribution < -0.4 is 14.4 Å². The van der Waals surface area contributed by atoms with Crippen molar-refractivity contribution in [2.45, 2.75) is 20.0 Å². The molecule has 1 aliphatic heterocycles. The van der Waals surface area contributed by atoms with Gasteiger partial charge in [-0.05, 0) is 49.8 Å². The predicted octanol–water partition coefficient (Wildman–Crippen LogP) is 3.24. The number of amides is 1. The Hall–Kier alpha value is -3.02. The quantitative estimate of drug-likeness (QED) is 0.719. The Morgan fingerprint density at radius 2 is 1.89 bits per heavy atom. The summed E-state index contributed by atoms with van der Waals surface area (Å²) in [5.74, 6) is 2.34. The first-order valence-corrected chi connectivity index (χ1v) is 9.54. The molecule has 0 atom stereocenters. The normalized spacial score (nSPS) is 14.6. The number of piperazine rings is 1. The van der Waals surface area contributed by atoms with E-state index in [1.54, 1.807) is 19.4 Å². The van der Waals surface area contributed by atoms with E-state index in [0.29, 0.717) is 24.6 Å². The Bertz CT molecular complexity index is 813. The summed E-state index contributed by atoms with van der Waals surface area (Å²) in [6.45, 7) is 6.88. The van der Waals surface area contributed by atoms with Gasteiger partial charge in [0.1, 0.15) is 5.82 Å². The molecule has 1 fully saturated rings. The van der Waals surface area contributed by atoms with Gasteiger partial charge < -0.3 is 19.3 Å². The predicted molar refractivity (Wildman–Crippen MR) is 111 cm³/mol. The molecule has 0 spiro atoms.